The molecule has 2 heterocycles. The van der Waals surface area contributed by atoms with Crippen molar-refractivity contribution in [2.24, 2.45) is 23.7 Å². The Morgan fingerprint density at radius 2 is 1.07 bits per heavy atom. The topological polar surface area (TPSA) is 38.7 Å². The van der Waals surface area contributed by atoms with Gasteiger partial charge in [0.2, 0.25) is 0 Å². The number of hydrogen-bond donors (Lipinski definition) is 0. The van der Waals surface area contributed by atoms with E-state index >= 15 is 0 Å². The Morgan fingerprint density at radius 1 is 0.421 bits per heavy atom. The summed E-state index contributed by atoms with van der Waals surface area (Å²) < 4.78 is 2.72. The van der Waals surface area contributed by atoms with E-state index in [0.717, 1.165) is 39.7 Å². The van der Waals surface area contributed by atoms with Gasteiger partial charge in [0.15, 0.2) is 17.5 Å². The second kappa shape index (κ2) is 12.0. The van der Waals surface area contributed by atoms with Crippen LogP contribution in [0.5, 0.6) is 0 Å². The molecule has 5 aliphatic rings. The number of nitrogens with zero attached hydrogens (tertiary/aromatic N) is 3. The minimum Gasteiger partial charge on any atom is -0.208 e. The quantitative estimate of drug-likeness (QED) is 0.180. The number of hydrogen-bond acceptors (Lipinski definition) is 4. The van der Waals surface area contributed by atoms with Crippen LogP contribution in [0.3, 0.4) is 0 Å². The van der Waals surface area contributed by atoms with Crippen LogP contribution in [0.1, 0.15) is 43.2 Å². The van der Waals surface area contributed by atoms with E-state index in [1.54, 1.807) is 5.56 Å². The molecule has 4 heteroatoms. The first-order valence-corrected chi connectivity index (χ1v) is 21.5. The fourth-order valence-corrected chi connectivity index (χ4v) is 13.4. The van der Waals surface area contributed by atoms with Crippen LogP contribution < -0.4 is 0 Å². The highest BCUT2D eigenvalue weighted by atomic mass is 32.1. The van der Waals surface area contributed by atoms with Gasteiger partial charge in [-0.2, -0.15) is 0 Å². The van der Waals surface area contributed by atoms with Gasteiger partial charge >= 0.3 is 0 Å². The SMILES string of the molecule is c1ccc(-c2nc(-c3ccc4c(c3)-c3ccc(-c5cccc6sc7ccccc7c56)cc3C43C4CC5CC(C4)CC3C5)nc(-c3cccc4ccccc34)n2)cc1. The van der Waals surface area contributed by atoms with Crippen molar-refractivity contribution in [1.29, 1.82) is 0 Å². The summed E-state index contributed by atoms with van der Waals surface area (Å²) in [5.41, 5.74) is 11.7. The van der Waals surface area contributed by atoms with Gasteiger partial charge in [-0.3, -0.25) is 0 Å². The molecule has 0 aliphatic heterocycles. The Balaban J connectivity index is 1.02. The zero-order valence-electron chi connectivity index (χ0n) is 31.5. The molecule has 2 aromatic heterocycles. The van der Waals surface area contributed by atoms with E-state index in [1.165, 1.54) is 85.5 Å². The standard InChI is InChI=1S/C53H39N3S/c1-2-11-34(12-3-1)50-54-51(56-52(55-50)42-17-8-13-33-10-4-5-14-39(33)42)36-21-23-45-44(29-36)41-22-20-35(40-16-9-19-48-49(40)43-15-6-7-18-47(43)57-48)30-46(41)53(45)37-25-31-24-32(27-37)28-38(53)26-31/h1-23,29-32,37-38H,24-28H2. The zero-order valence-corrected chi connectivity index (χ0v) is 32.3. The summed E-state index contributed by atoms with van der Waals surface area (Å²) in [5, 5.41) is 5.07. The molecule has 4 bridgehead atoms. The van der Waals surface area contributed by atoms with E-state index in [2.05, 4.69) is 146 Å². The molecule has 1 spiro atoms. The van der Waals surface area contributed by atoms with Crippen LogP contribution in [0.15, 0.2) is 152 Å². The number of aromatic nitrogens is 3. The molecule has 0 amide bonds. The molecule has 7 aromatic carbocycles. The first kappa shape index (κ1) is 32.2. The van der Waals surface area contributed by atoms with Crippen molar-refractivity contribution in [1.82, 2.24) is 15.0 Å². The van der Waals surface area contributed by atoms with Gasteiger partial charge in [-0.25, -0.2) is 15.0 Å². The maximum Gasteiger partial charge on any atom is 0.164 e. The Kier molecular flexibility index (Phi) is 6.78. The van der Waals surface area contributed by atoms with Crippen LogP contribution in [0.2, 0.25) is 0 Å². The number of fused-ring (bicyclic) bond motifs is 7. The number of benzene rings is 7. The molecular formula is C53H39N3S. The Bertz CT molecular complexity index is 3070. The zero-order chi connectivity index (χ0) is 37.2. The smallest absolute Gasteiger partial charge is 0.164 e. The van der Waals surface area contributed by atoms with Crippen molar-refractivity contribution < 1.29 is 0 Å². The van der Waals surface area contributed by atoms with E-state index in [4.69, 9.17) is 15.0 Å². The second-order valence-electron chi connectivity index (χ2n) is 17.2. The summed E-state index contributed by atoms with van der Waals surface area (Å²) in [6.07, 6.45) is 6.85. The van der Waals surface area contributed by atoms with E-state index in [0.29, 0.717) is 23.5 Å². The van der Waals surface area contributed by atoms with E-state index in [-0.39, 0.29) is 5.41 Å². The lowest BCUT2D eigenvalue weighted by molar-refractivity contribution is -0.0399. The average Bonchev–Trinajstić information content (AvgIpc) is 3.78. The predicted octanol–water partition coefficient (Wildman–Crippen LogP) is 13.8. The molecule has 0 radical (unpaired) electrons. The van der Waals surface area contributed by atoms with Crippen LogP contribution in [0.4, 0.5) is 0 Å². The van der Waals surface area contributed by atoms with Crippen LogP contribution in [0, 0.1) is 23.7 Å². The molecule has 0 saturated heterocycles. The predicted molar refractivity (Wildman–Crippen MR) is 235 cm³/mol. The van der Waals surface area contributed by atoms with Gasteiger partial charge in [0.25, 0.3) is 0 Å². The highest BCUT2D eigenvalue weighted by Gasteiger charge is 2.61. The van der Waals surface area contributed by atoms with Gasteiger partial charge < -0.3 is 0 Å². The Hall–Kier alpha value is -5.97. The molecule has 57 heavy (non-hydrogen) atoms. The molecule has 14 rings (SSSR count). The molecular weight excluding hydrogens is 711 g/mol. The van der Waals surface area contributed by atoms with Gasteiger partial charge in [0.05, 0.1) is 0 Å². The molecule has 272 valence electrons. The molecule has 3 nitrogen and oxygen atoms in total. The van der Waals surface area contributed by atoms with Crippen molar-refractivity contribution >= 4 is 42.3 Å². The van der Waals surface area contributed by atoms with Crippen LogP contribution in [-0.2, 0) is 5.41 Å². The second-order valence-corrected chi connectivity index (χ2v) is 18.3. The maximum absolute atomic E-state index is 5.29. The van der Waals surface area contributed by atoms with Gasteiger partial charge in [-0.05, 0) is 124 Å². The summed E-state index contributed by atoms with van der Waals surface area (Å²) in [5.74, 6) is 5.23. The molecule has 0 N–H and O–H groups in total. The van der Waals surface area contributed by atoms with Crippen molar-refractivity contribution in [3.8, 4) is 56.4 Å². The molecule has 9 aromatic rings. The van der Waals surface area contributed by atoms with Crippen LogP contribution in [0.25, 0.3) is 87.4 Å². The average molecular weight is 750 g/mol. The minimum absolute atomic E-state index is 0.0413. The van der Waals surface area contributed by atoms with Crippen molar-refractivity contribution in [3.05, 3.63) is 163 Å². The fraction of sp³-hybridized carbons (Fsp3) is 0.189. The lowest BCUT2D eigenvalue weighted by Crippen LogP contribution is -2.55. The van der Waals surface area contributed by atoms with Crippen molar-refractivity contribution in [2.75, 3.05) is 0 Å². The molecule has 0 unspecified atom stereocenters. The third-order valence-corrected chi connectivity index (χ3v) is 15.5. The lowest BCUT2D eigenvalue weighted by Gasteiger charge is -2.61. The van der Waals surface area contributed by atoms with Crippen LogP contribution in [-0.4, -0.2) is 15.0 Å². The van der Waals surface area contributed by atoms with E-state index in [9.17, 15) is 0 Å². The fourth-order valence-electron chi connectivity index (χ4n) is 12.3. The van der Waals surface area contributed by atoms with Gasteiger partial charge in [-0.15, -0.1) is 11.3 Å². The summed E-state index contributed by atoms with van der Waals surface area (Å²) >= 11 is 1.91. The molecule has 4 fully saturated rings. The van der Waals surface area contributed by atoms with Crippen molar-refractivity contribution in [3.63, 3.8) is 0 Å². The highest BCUT2D eigenvalue weighted by Crippen LogP contribution is 2.69. The Labute approximate surface area is 336 Å². The first-order valence-electron chi connectivity index (χ1n) is 20.7. The lowest BCUT2D eigenvalue weighted by atomic mass is 9.43. The Morgan fingerprint density at radius 3 is 1.91 bits per heavy atom. The first-order chi connectivity index (χ1) is 28.2. The third-order valence-electron chi connectivity index (χ3n) is 14.3. The molecule has 0 atom stereocenters. The highest BCUT2D eigenvalue weighted by molar-refractivity contribution is 7.25. The summed E-state index contributed by atoms with van der Waals surface area (Å²) in [6, 6.07) is 55.8. The molecule has 5 aliphatic carbocycles. The van der Waals surface area contributed by atoms with Crippen LogP contribution >= 0.6 is 11.3 Å². The monoisotopic (exact) mass is 749 g/mol. The maximum atomic E-state index is 5.29. The largest absolute Gasteiger partial charge is 0.208 e. The molecule has 4 saturated carbocycles. The van der Waals surface area contributed by atoms with Gasteiger partial charge in [0, 0.05) is 42.3 Å². The van der Waals surface area contributed by atoms with Gasteiger partial charge in [0.1, 0.15) is 0 Å². The summed E-state index contributed by atoms with van der Waals surface area (Å²) in [7, 11) is 0. The number of thiophene rings is 1. The summed E-state index contributed by atoms with van der Waals surface area (Å²) in [4.78, 5) is 15.6. The minimum atomic E-state index is 0.0413. The normalized spacial score (nSPS) is 22.8. The van der Waals surface area contributed by atoms with Crippen molar-refractivity contribution in [2.45, 2.75) is 37.5 Å². The number of rotatable bonds is 4. The van der Waals surface area contributed by atoms with Gasteiger partial charge in [-0.1, -0.05) is 127 Å². The van der Waals surface area contributed by atoms with E-state index < -0.39 is 0 Å². The third kappa shape index (κ3) is 4.62. The summed E-state index contributed by atoms with van der Waals surface area (Å²) in [6.45, 7) is 0. The van der Waals surface area contributed by atoms with E-state index in [1.807, 2.05) is 17.4 Å².